The molecule has 0 bridgehead atoms. The molecular formula is C21H36N4O2. The number of nitrogens with zero attached hydrogens (tertiary/aromatic N) is 2. The third-order valence-corrected chi connectivity index (χ3v) is 7.44. The number of amides is 2. The van der Waals surface area contributed by atoms with Crippen molar-refractivity contribution < 1.29 is 9.59 Å². The van der Waals surface area contributed by atoms with Crippen molar-refractivity contribution >= 4 is 11.8 Å². The van der Waals surface area contributed by atoms with E-state index in [1.165, 1.54) is 12.8 Å². The summed E-state index contributed by atoms with van der Waals surface area (Å²) in [7, 11) is 0. The summed E-state index contributed by atoms with van der Waals surface area (Å²) in [6, 6.07) is 0.361. The molecule has 27 heavy (non-hydrogen) atoms. The Morgan fingerprint density at radius 1 is 1.11 bits per heavy atom. The molecule has 2 saturated carbocycles. The van der Waals surface area contributed by atoms with Gasteiger partial charge in [0.15, 0.2) is 0 Å². The van der Waals surface area contributed by atoms with E-state index in [1.807, 2.05) is 0 Å². The van der Waals surface area contributed by atoms with Gasteiger partial charge in [0.2, 0.25) is 11.8 Å². The highest BCUT2D eigenvalue weighted by Crippen LogP contribution is 2.59. The third-order valence-electron chi connectivity index (χ3n) is 7.44. The van der Waals surface area contributed by atoms with E-state index in [1.54, 1.807) is 0 Å². The van der Waals surface area contributed by atoms with Crippen LogP contribution in [0, 0.1) is 17.3 Å². The van der Waals surface area contributed by atoms with Gasteiger partial charge in [0, 0.05) is 38.1 Å². The monoisotopic (exact) mass is 376 g/mol. The topological polar surface area (TPSA) is 64.7 Å². The van der Waals surface area contributed by atoms with Crippen molar-refractivity contribution in [2.24, 2.45) is 17.3 Å². The van der Waals surface area contributed by atoms with Gasteiger partial charge in [-0.3, -0.25) is 14.5 Å². The predicted octanol–water partition coefficient (Wildman–Crippen LogP) is 1.22. The number of hydrogen-bond acceptors (Lipinski definition) is 4. The van der Waals surface area contributed by atoms with E-state index in [9.17, 15) is 9.59 Å². The lowest BCUT2D eigenvalue weighted by Gasteiger charge is -2.35. The molecular weight excluding hydrogens is 340 g/mol. The second-order valence-electron chi connectivity index (χ2n) is 9.51. The van der Waals surface area contributed by atoms with E-state index in [-0.39, 0.29) is 11.8 Å². The third kappa shape index (κ3) is 4.48. The molecule has 0 radical (unpaired) electrons. The van der Waals surface area contributed by atoms with Gasteiger partial charge in [-0.2, -0.15) is 0 Å². The second-order valence-corrected chi connectivity index (χ2v) is 9.51. The van der Waals surface area contributed by atoms with Gasteiger partial charge in [0.25, 0.3) is 0 Å². The fourth-order valence-corrected chi connectivity index (χ4v) is 5.56. The summed E-state index contributed by atoms with van der Waals surface area (Å²) >= 11 is 0. The summed E-state index contributed by atoms with van der Waals surface area (Å²) in [5.74, 6) is 1.52. The Morgan fingerprint density at radius 2 is 1.85 bits per heavy atom. The fraction of sp³-hybridized carbons (Fsp3) is 0.905. The highest BCUT2D eigenvalue weighted by molar-refractivity contribution is 5.83. The number of nitrogens with one attached hydrogen (secondary N) is 2. The van der Waals surface area contributed by atoms with Crippen LogP contribution in [0.2, 0.25) is 0 Å². The summed E-state index contributed by atoms with van der Waals surface area (Å²) in [6.07, 6.45) is 8.17. The molecule has 2 saturated heterocycles. The zero-order valence-electron chi connectivity index (χ0n) is 16.8. The van der Waals surface area contributed by atoms with Crippen molar-refractivity contribution in [1.29, 1.82) is 0 Å². The van der Waals surface area contributed by atoms with Crippen LogP contribution < -0.4 is 10.6 Å². The Hall–Kier alpha value is -1.14. The first-order chi connectivity index (χ1) is 13.1. The summed E-state index contributed by atoms with van der Waals surface area (Å²) in [5.41, 5.74) is 0.316. The number of piperazine rings is 1. The van der Waals surface area contributed by atoms with Gasteiger partial charge in [0.05, 0.1) is 6.54 Å². The lowest BCUT2D eigenvalue weighted by atomic mass is 9.87. The molecule has 2 amide bonds. The van der Waals surface area contributed by atoms with Gasteiger partial charge in [-0.25, -0.2) is 0 Å². The molecule has 2 aliphatic carbocycles. The predicted molar refractivity (Wildman–Crippen MR) is 105 cm³/mol. The number of rotatable bonds is 4. The lowest BCUT2D eigenvalue weighted by molar-refractivity contribution is -0.135. The van der Waals surface area contributed by atoms with E-state index < -0.39 is 0 Å². The van der Waals surface area contributed by atoms with Crippen molar-refractivity contribution in [3.63, 3.8) is 0 Å². The highest BCUT2D eigenvalue weighted by Gasteiger charge is 2.58. The molecule has 2 aliphatic heterocycles. The maximum atomic E-state index is 12.9. The largest absolute Gasteiger partial charge is 0.352 e. The minimum Gasteiger partial charge on any atom is -0.352 e. The maximum Gasteiger partial charge on any atom is 0.234 e. The molecule has 0 aromatic heterocycles. The van der Waals surface area contributed by atoms with Crippen molar-refractivity contribution in [2.75, 3.05) is 45.8 Å². The number of carbonyl (C=O) groups excluding carboxylic acids is 2. The van der Waals surface area contributed by atoms with Crippen LogP contribution in [0.3, 0.4) is 0 Å². The van der Waals surface area contributed by atoms with Crippen LogP contribution in [0.15, 0.2) is 0 Å². The van der Waals surface area contributed by atoms with Crippen LogP contribution in [-0.4, -0.2) is 73.5 Å². The van der Waals surface area contributed by atoms with Crippen LogP contribution in [0.4, 0.5) is 0 Å². The van der Waals surface area contributed by atoms with E-state index in [0.29, 0.717) is 23.9 Å². The van der Waals surface area contributed by atoms with Gasteiger partial charge >= 0.3 is 0 Å². The quantitative estimate of drug-likeness (QED) is 0.774. The average molecular weight is 377 g/mol. The molecule has 2 N–H and O–H groups in total. The van der Waals surface area contributed by atoms with Crippen LogP contribution >= 0.6 is 0 Å². The van der Waals surface area contributed by atoms with Crippen molar-refractivity contribution in [2.45, 2.75) is 57.9 Å². The molecule has 2 heterocycles. The Bertz CT molecular complexity index is 552. The molecule has 152 valence electrons. The normalized spacial score (nSPS) is 33.7. The van der Waals surface area contributed by atoms with Gasteiger partial charge < -0.3 is 15.5 Å². The van der Waals surface area contributed by atoms with Crippen LogP contribution in [0.5, 0.6) is 0 Å². The Morgan fingerprint density at radius 3 is 2.56 bits per heavy atom. The Balaban J connectivity index is 1.18. The van der Waals surface area contributed by atoms with Crippen molar-refractivity contribution in [1.82, 2.24) is 20.4 Å². The molecule has 0 aromatic carbocycles. The molecule has 4 aliphatic rings. The standard InChI is InChI=1S/C21H36N4O2/c1-16-3-2-4-17(13-16)23-19(26)15-24-9-11-25(12-10-24)20(27)18-14-21(18)5-7-22-8-6-21/h16-18,22H,2-15H2,1H3,(H,23,26). The molecule has 0 aromatic rings. The maximum absolute atomic E-state index is 12.9. The number of carbonyl (C=O) groups is 2. The van der Waals surface area contributed by atoms with Gasteiger partial charge in [0.1, 0.15) is 0 Å². The van der Waals surface area contributed by atoms with E-state index >= 15 is 0 Å². The smallest absolute Gasteiger partial charge is 0.234 e. The van der Waals surface area contributed by atoms with Crippen molar-refractivity contribution in [3.8, 4) is 0 Å². The molecule has 3 atom stereocenters. The fourth-order valence-electron chi connectivity index (χ4n) is 5.56. The SMILES string of the molecule is CC1CCCC(NC(=O)CN2CCN(C(=O)C3CC34CCNCC4)CC2)C1. The Labute approximate surface area is 163 Å². The zero-order chi connectivity index (χ0) is 18.9. The minimum absolute atomic E-state index is 0.157. The molecule has 4 rings (SSSR count). The van der Waals surface area contributed by atoms with E-state index in [2.05, 4.69) is 27.4 Å². The summed E-state index contributed by atoms with van der Waals surface area (Å²) < 4.78 is 0. The van der Waals surface area contributed by atoms with E-state index in [0.717, 1.165) is 77.3 Å². The summed E-state index contributed by atoms with van der Waals surface area (Å²) in [5, 5.41) is 6.64. The van der Waals surface area contributed by atoms with Crippen molar-refractivity contribution in [3.05, 3.63) is 0 Å². The minimum atomic E-state index is 0.157. The van der Waals surface area contributed by atoms with Gasteiger partial charge in [-0.05, 0) is 56.5 Å². The molecule has 6 nitrogen and oxygen atoms in total. The van der Waals surface area contributed by atoms with E-state index in [4.69, 9.17) is 0 Å². The first-order valence-corrected chi connectivity index (χ1v) is 11.1. The second kappa shape index (κ2) is 8.08. The first kappa shape index (κ1) is 19.2. The number of hydrogen-bond donors (Lipinski definition) is 2. The lowest BCUT2D eigenvalue weighted by Crippen LogP contribution is -2.52. The summed E-state index contributed by atoms with van der Waals surface area (Å²) in [4.78, 5) is 29.5. The highest BCUT2D eigenvalue weighted by atomic mass is 16.2. The molecule has 4 fully saturated rings. The number of piperidine rings is 1. The van der Waals surface area contributed by atoms with Crippen LogP contribution in [-0.2, 0) is 9.59 Å². The Kier molecular flexibility index (Phi) is 5.74. The van der Waals surface area contributed by atoms with Crippen LogP contribution in [0.25, 0.3) is 0 Å². The average Bonchev–Trinajstić information content (AvgIpc) is 3.35. The van der Waals surface area contributed by atoms with Gasteiger partial charge in [-0.1, -0.05) is 19.8 Å². The van der Waals surface area contributed by atoms with Crippen LogP contribution in [0.1, 0.15) is 51.9 Å². The van der Waals surface area contributed by atoms with Gasteiger partial charge in [-0.15, -0.1) is 0 Å². The first-order valence-electron chi connectivity index (χ1n) is 11.1. The zero-order valence-corrected chi connectivity index (χ0v) is 16.8. The molecule has 3 unspecified atom stereocenters. The molecule has 1 spiro atoms. The molecule has 6 heteroatoms. The summed E-state index contributed by atoms with van der Waals surface area (Å²) in [6.45, 7) is 8.07.